The summed E-state index contributed by atoms with van der Waals surface area (Å²) in [7, 11) is 0. The van der Waals surface area contributed by atoms with Crippen molar-refractivity contribution in [3.8, 4) is 0 Å². The van der Waals surface area contributed by atoms with E-state index in [1.54, 1.807) is 12.1 Å². The number of fused-ring (bicyclic) bond motifs is 1. The summed E-state index contributed by atoms with van der Waals surface area (Å²) in [5, 5.41) is 13.6. The van der Waals surface area contributed by atoms with Gasteiger partial charge in [0.15, 0.2) is 0 Å². The van der Waals surface area contributed by atoms with Gasteiger partial charge in [-0.2, -0.15) is 0 Å². The lowest BCUT2D eigenvalue weighted by Crippen LogP contribution is -2.13. The molecule has 0 amide bonds. The molecule has 0 saturated carbocycles. The molecule has 0 aliphatic heterocycles. The second-order valence-corrected chi connectivity index (χ2v) is 5.67. The molecule has 118 valence electrons. The summed E-state index contributed by atoms with van der Waals surface area (Å²) in [5.41, 5.74) is 4.47. The number of nitrogens with zero attached hydrogens (tertiary/aromatic N) is 1. The fraction of sp³-hybridized carbons (Fsp3) is 0.211. The van der Waals surface area contributed by atoms with Crippen LogP contribution in [0.4, 0.5) is 4.39 Å². The van der Waals surface area contributed by atoms with Gasteiger partial charge in [-0.05, 0) is 48.4 Å². The molecule has 0 fully saturated rings. The maximum absolute atomic E-state index is 13.3. The number of aliphatic hydroxyl groups excluding tert-OH is 1. The van der Waals surface area contributed by atoms with Crippen LogP contribution in [0.15, 0.2) is 48.5 Å². The third-order valence-corrected chi connectivity index (χ3v) is 3.83. The van der Waals surface area contributed by atoms with Gasteiger partial charge in [-0.25, -0.2) is 4.39 Å². The number of nitrogens with one attached hydrogen (secondary N) is 1. The standard InChI is InChI=1S/C19H19FN2O/c1-13-2-5-16-8-15(4-7-19(16)22-13)11-21-10-14-3-6-18(20)17(9-14)12-23/h2-9,21,23H,10-12H2,1H3. The van der Waals surface area contributed by atoms with Crippen molar-refractivity contribution in [3.63, 3.8) is 0 Å². The number of benzene rings is 2. The first-order valence-electron chi connectivity index (χ1n) is 7.61. The first kappa shape index (κ1) is 15.6. The van der Waals surface area contributed by atoms with Crippen LogP contribution in [0.2, 0.25) is 0 Å². The zero-order valence-electron chi connectivity index (χ0n) is 13.0. The number of aromatic nitrogens is 1. The average molecular weight is 310 g/mol. The van der Waals surface area contributed by atoms with Gasteiger partial charge in [0.25, 0.3) is 0 Å². The summed E-state index contributed by atoms with van der Waals surface area (Å²) in [6, 6.07) is 15.1. The minimum Gasteiger partial charge on any atom is -0.392 e. The van der Waals surface area contributed by atoms with Gasteiger partial charge in [0, 0.05) is 29.7 Å². The predicted molar refractivity (Wildman–Crippen MR) is 89.3 cm³/mol. The van der Waals surface area contributed by atoms with Crippen LogP contribution >= 0.6 is 0 Å². The van der Waals surface area contributed by atoms with Gasteiger partial charge in [-0.1, -0.05) is 18.2 Å². The predicted octanol–water partition coefficient (Wildman–Crippen LogP) is 3.46. The van der Waals surface area contributed by atoms with Gasteiger partial charge >= 0.3 is 0 Å². The van der Waals surface area contributed by atoms with Crippen molar-refractivity contribution >= 4 is 10.9 Å². The largest absolute Gasteiger partial charge is 0.392 e. The van der Waals surface area contributed by atoms with Crippen LogP contribution in [0, 0.1) is 12.7 Å². The molecule has 2 aromatic carbocycles. The summed E-state index contributed by atoms with van der Waals surface area (Å²) in [6.07, 6.45) is 0. The molecule has 0 spiro atoms. The topological polar surface area (TPSA) is 45.1 Å². The molecule has 23 heavy (non-hydrogen) atoms. The molecule has 3 nitrogen and oxygen atoms in total. The summed E-state index contributed by atoms with van der Waals surface area (Å²) < 4.78 is 13.3. The summed E-state index contributed by atoms with van der Waals surface area (Å²) >= 11 is 0. The Morgan fingerprint density at radius 3 is 2.52 bits per heavy atom. The molecule has 0 radical (unpaired) electrons. The van der Waals surface area contributed by atoms with E-state index in [1.807, 2.05) is 19.1 Å². The quantitative estimate of drug-likeness (QED) is 0.758. The molecule has 0 bridgehead atoms. The van der Waals surface area contributed by atoms with E-state index in [0.717, 1.165) is 28.7 Å². The van der Waals surface area contributed by atoms with Crippen molar-refractivity contribution in [1.29, 1.82) is 0 Å². The highest BCUT2D eigenvalue weighted by Crippen LogP contribution is 2.15. The highest BCUT2D eigenvalue weighted by molar-refractivity contribution is 5.79. The van der Waals surface area contributed by atoms with Gasteiger partial charge < -0.3 is 10.4 Å². The molecule has 3 rings (SSSR count). The molecule has 0 aliphatic carbocycles. The van der Waals surface area contributed by atoms with Gasteiger partial charge in [-0.15, -0.1) is 0 Å². The molecule has 2 N–H and O–H groups in total. The number of hydrogen-bond donors (Lipinski definition) is 2. The highest BCUT2D eigenvalue weighted by Gasteiger charge is 2.03. The first-order valence-corrected chi connectivity index (χ1v) is 7.61. The van der Waals surface area contributed by atoms with Crippen molar-refractivity contribution in [3.05, 3.63) is 76.7 Å². The normalized spacial score (nSPS) is 11.1. The Bertz CT molecular complexity index is 833. The molecule has 0 unspecified atom stereocenters. The molecule has 0 saturated heterocycles. The molecule has 4 heteroatoms. The van der Waals surface area contributed by atoms with E-state index in [2.05, 4.69) is 28.5 Å². The molecule has 1 heterocycles. The fourth-order valence-electron chi connectivity index (χ4n) is 2.60. The van der Waals surface area contributed by atoms with Crippen molar-refractivity contribution in [2.75, 3.05) is 0 Å². The number of rotatable bonds is 5. The van der Waals surface area contributed by atoms with Gasteiger partial charge in [0.2, 0.25) is 0 Å². The number of halogens is 1. The Morgan fingerprint density at radius 2 is 1.74 bits per heavy atom. The van der Waals surface area contributed by atoms with Crippen molar-refractivity contribution in [2.24, 2.45) is 0 Å². The highest BCUT2D eigenvalue weighted by atomic mass is 19.1. The number of hydrogen-bond acceptors (Lipinski definition) is 3. The van der Waals surface area contributed by atoms with Crippen molar-refractivity contribution in [2.45, 2.75) is 26.6 Å². The summed E-state index contributed by atoms with van der Waals surface area (Å²) in [4.78, 5) is 4.49. The lowest BCUT2D eigenvalue weighted by atomic mass is 10.1. The van der Waals surface area contributed by atoms with Gasteiger partial charge in [0.05, 0.1) is 12.1 Å². The Kier molecular flexibility index (Phi) is 4.65. The Balaban J connectivity index is 1.65. The van der Waals surface area contributed by atoms with Crippen molar-refractivity contribution < 1.29 is 9.50 Å². The van der Waals surface area contributed by atoms with E-state index in [-0.39, 0.29) is 12.4 Å². The van der Waals surface area contributed by atoms with Crippen LogP contribution in [-0.4, -0.2) is 10.1 Å². The maximum Gasteiger partial charge on any atom is 0.128 e. The van der Waals surface area contributed by atoms with Crippen LogP contribution in [-0.2, 0) is 19.7 Å². The number of aliphatic hydroxyl groups is 1. The minimum absolute atomic E-state index is 0.281. The van der Waals surface area contributed by atoms with Crippen LogP contribution in [0.3, 0.4) is 0 Å². The van der Waals surface area contributed by atoms with Gasteiger partial charge in [-0.3, -0.25) is 4.98 Å². The number of aryl methyl sites for hydroxylation is 1. The van der Waals surface area contributed by atoms with E-state index in [9.17, 15) is 4.39 Å². The van der Waals surface area contributed by atoms with E-state index in [1.165, 1.54) is 11.6 Å². The molecule has 0 atom stereocenters. The van der Waals surface area contributed by atoms with E-state index >= 15 is 0 Å². The lowest BCUT2D eigenvalue weighted by Gasteiger charge is -2.08. The second kappa shape index (κ2) is 6.86. The molecule has 3 aromatic rings. The van der Waals surface area contributed by atoms with Crippen LogP contribution in [0.25, 0.3) is 10.9 Å². The van der Waals surface area contributed by atoms with E-state index in [4.69, 9.17) is 5.11 Å². The smallest absolute Gasteiger partial charge is 0.128 e. The molecule has 0 aliphatic rings. The van der Waals surface area contributed by atoms with Gasteiger partial charge in [0.1, 0.15) is 5.82 Å². The molecular formula is C19H19FN2O. The third kappa shape index (κ3) is 3.73. The zero-order valence-corrected chi connectivity index (χ0v) is 13.0. The lowest BCUT2D eigenvalue weighted by molar-refractivity contribution is 0.275. The Labute approximate surface area is 134 Å². The Hall–Kier alpha value is -2.30. The zero-order chi connectivity index (χ0) is 16.2. The Morgan fingerprint density at radius 1 is 1.00 bits per heavy atom. The van der Waals surface area contributed by atoms with Crippen molar-refractivity contribution in [1.82, 2.24) is 10.3 Å². The first-order chi connectivity index (χ1) is 11.2. The SMILES string of the molecule is Cc1ccc2cc(CNCc3ccc(F)c(CO)c3)ccc2n1. The monoisotopic (exact) mass is 310 g/mol. The summed E-state index contributed by atoms with van der Waals surface area (Å²) in [5.74, 6) is -0.367. The van der Waals surface area contributed by atoms with Crippen LogP contribution in [0.1, 0.15) is 22.4 Å². The van der Waals surface area contributed by atoms with E-state index in [0.29, 0.717) is 12.1 Å². The molecule has 1 aromatic heterocycles. The third-order valence-electron chi connectivity index (χ3n) is 3.83. The van der Waals surface area contributed by atoms with Crippen LogP contribution < -0.4 is 5.32 Å². The second-order valence-electron chi connectivity index (χ2n) is 5.67. The van der Waals surface area contributed by atoms with Crippen LogP contribution in [0.5, 0.6) is 0 Å². The molecular weight excluding hydrogens is 291 g/mol. The number of pyridine rings is 1. The maximum atomic E-state index is 13.3. The average Bonchev–Trinajstić information content (AvgIpc) is 2.56. The van der Waals surface area contributed by atoms with E-state index < -0.39 is 0 Å². The minimum atomic E-state index is -0.367. The summed E-state index contributed by atoms with van der Waals surface area (Å²) in [6.45, 7) is 3.04. The fourth-order valence-corrected chi connectivity index (χ4v) is 2.60.